The van der Waals surface area contributed by atoms with Gasteiger partial charge in [0.25, 0.3) is 0 Å². The predicted molar refractivity (Wildman–Crippen MR) is 81.8 cm³/mol. The zero-order valence-corrected chi connectivity index (χ0v) is 12.2. The van der Waals surface area contributed by atoms with Crippen LogP contribution in [0.15, 0.2) is 36.7 Å². The molecule has 2 heterocycles. The molecule has 1 aliphatic rings. The fraction of sp³-hybridized carbons (Fsp3) is 0.438. The standard InChI is InChI=1S/C16H22N4/c1-3-14(17-2)13-6-4-5-7-15(13)20-11-10-19-9-8-18-16(19)12-20/h4-9,14,17H,3,10-12H2,1-2H3. The molecule has 3 rings (SSSR count). The lowest BCUT2D eigenvalue weighted by Crippen LogP contribution is -2.34. The Morgan fingerprint density at radius 3 is 2.95 bits per heavy atom. The predicted octanol–water partition coefficient (Wildman–Crippen LogP) is 2.57. The third-order valence-corrected chi connectivity index (χ3v) is 4.15. The highest BCUT2D eigenvalue weighted by Gasteiger charge is 2.21. The summed E-state index contributed by atoms with van der Waals surface area (Å²) >= 11 is 0. The van der Waals surface area contributed by atoms with E-state index in [1.54, 1.807) is 0 Å². The molecule has 0 bridgehead atoms. The second-order valence-electron chi connectivity index (χ2n) is 5.27. The molecule has 1 aromatic carbocycles. The second kappa shape index (κ2) is 5.67. The van der Waals surface area contributed by atoms with Crippen molar-refractivity contribution in [3.05, 3.63) is 48.0 Å². The molecule has 106 valence electrons. The minimum Gasteiger partial charge on any atom is -0.362 e. The number of nitrogens with one attached hydrogen (secondary N) is 1. The number of aromatic nitrogens is 2. The zero-order chi connectivity index (χ0) is 13.9. The summed E-state index contributed by atoms with van der Waals surface area (Å²) in [6, 6.07) is 9.13. The normalized spacial score (nSPS) is 16.0. The fourth-order valence-electron chi connectivity index (χ4n) is 3.03. The Kier molecular flexibility index (Phi) is 3.74. The van der Waals surface area contributed by atoms with Crippen molar-refractivity contribution in [3.8, 4) is 0 Å². The first-order chi connectivity index (χ1) is 9.83. The molecular weight excluding hydrogens is 248 g/mol. The van der Waals surface area contributed by atoms with E-state index in [0.717, 1.165) is 31.9 Å². The van der Waals surface area contributed by atoms with Crippen molar-refractivity contribution in [2.45, 2.75) is 32.5 Å². The third kappa shape index (κ3) is 2.31. The Morgan fingerprint density at radius 2 is 2.15 bits per heavy atom. The number of hydrogen-bond acceptors (Lipinski definition) is 3. The lowest BCUT2D eigenvalue weighted by atomic mass is 10.0. The molecule has 1 aliphatic heterocycles. The van der Waals surface area contributed by atoms with E-state index in [-0.39, 0.29) is 0 Å². The summed E-state index contributed by atoms with van der Waals surface area (Å²) in [6.45, 7) is 5.17. The highest BCUT2D eigenvalue weighted by molar-refractivity contribution is 5.55. The lowest BCUT2D eigenvalue weighted by Gasteiger charge is -2.32. The van der Waals surface area contributed by atoms with Gasteiger partial charge in [0, 0.05) is 37.2 Å². The van der Waals surface area contributed by atoms with Crippen LogP contribution in [0.2, 0.25) is 0 Å². The van der Waals surface area contributed by atoms with Crippen molar-refractivity contribution >= 4 is 5.69 Å². The Labute approximate surface area is 120 Å². The van der Waals surface area contributed by atoms with Crippen molar-refractivity contribution < 1.29 is 0 Å². The maximum atomic E-state index is 4.45. The van der Waals surface area contributed by atoms with Crippen molar-refractivity contribution in [3.63, 3.8) is 0 Å². The van der Waals surface area contributed by atoms with Gasteiger partial charge >= 0.3 is 0 Å². The second-order valence-corrected chi connectivity index (χ2v) is 5.27. The summed E-state index contributed by atoms with van der Waals surface area (Å²) in [6.07, 6.45) is 5.06. The monoisotopic (exact) mass is 270 g/mol. The largest absolute Gasteiger partial charge is 0.362 e. The zero-order valence-electron chi connectivity index (χ0n) is 12.2. The number of nitrogens with zero attached hydrogens (tertiary/aromatic N) is 3. The van der Waals surface area contributed by atoms with E-state index >= 15 is 0 Å². The first-order valence-electron chi connectivity index (χ1n) is 7.34. The molecule has 4 heteroatoms. The van der Waals surface area contributed by atoms with Crippen LogP contribution in [0.3, 0.4) is 0 Å². The quantitative estimate of drug-likeness (QED) is 0.927. The molecule has 1 unspecified atom stereocenters. The van der Waals surface area contributed by atoms with Crippen LogP contribution in [0.25, 0.3) is 0 Å². The maximum absolute atomic E-state index is 4.45. The molecule has 1 N–H and O–H groups in total. The summed E-state index contributed by atoms with van der Waals surface area (Å²) in [5.41, 5.74) is 2.72. The summed E-state index contributed by atoms with van der Waals surface area (Å²) in [5, 5.41) is 3.41. The lowest BCUT2D eigenvalue weighted by molar-refractivity contribution is 0.544. The molecule has 0 aliphatic carbocycles. The van der Waals surface area contributed by atoms with Gasteiger partial charge in [-0.3, -0.25) is 0 Å². The molecular formula is C16H22N4. The van der Waals surface area contributed by atoms with Gasteiger partial charge < -0.3 is 14.8 Å². The number of fused-ring (bicyclic) bond motifs is 1. The molecule has 0 saturated heterocycles. The van der Waals surface area contributed by atoms with E-state index in [4.69, 9.17) is 0 Å². The Morgan fingerprint density at radius 1 is 1.30 bits per heavy atom. The van der Waals surface area contributed by atoms with Crippen LogP contribution in [-0.4, -0.2) is 23.1 Å². The number of imidazole rings is 1. The van der Waals surface area contributed by atoms with Crippen LogP contribution in [0.5, 0.6) is 0 Å². The average Bonchev–Trinajstić information content (AvgIpc) is 2.96. The van der Waals surface area contributed by atoms with E-state index in [9.17, 15) is 0 Å². The van der Waals surface area contributed by atoms with Crippen LogP contribution < -0.4 is 10.2 Å². The molecule has 20 heavy (non-hydrogen) atoms. The summed E-state index contributed by atoms with van der Waals surface area (Å²) < 4.78 is 2.24. The number of hydrogen-bond donors (Lipinski definition) is 1. The molecule has 1 aromatic heterocycles. The van der Waals surface area contributed by atoms with Gasteiger partial charge in [-0.2, -0.15) is 0 Å². The number of benzene rings is 1. The van der Waals surface area contributed by atoms with E-state index in [2.05, 4.69) is 57.2 Å². The smallest absolute Gasteiger partial charge is 0.128 e. The molecule has 4 nitrogen and oxygen atoms in total. The van der Waals surface area contributed by atoms with E-state index in [1.165, 1.54) is 11.3 Å². The molecule has 0 radical (unpaired) electrons. The van der Waals surface area contributed by atoms with Crippen molar-refractivity contribution in [2.75, 3.05) is 18.5 Å². The molecule has 2 aromatic rings. The molecule has 0 amide bonds. The van der Waals surface area contributed by atoms with E-state index in [1.807, 2.05) is 13.2 Å². The summed E-state index contributed by atoms with van der Waals surface area (Å²) in [5.74, 6) is 1.16. The Bertz CT molecular complexity index is 571. The van der Waals surface area contributed by atoms with E-state index < -0.39 is 0 Å². The van der Waals surface area contributed by atoms with Gasteiger partial charge in [0.15, 0.2) is 0 Å². The number of para-hydroxylation sites is 1. The number of rotatable bonds is 4. The van der Waals surface area contributed by atoms with Crippen LogP contribution >= 0.6 is 0 Å². The van der Waals surface area contributed by atoms with Crippen molar-refractivity contribution in [2.24, 2.45) is 0 Å². The topological polar surface area (TPSA) is 33.1 Å². The Balaban J connectivity index is 1.91. The van der Waals surface area contributed by atoms with Crippen molar-refractivity contribution in [1.29, 1.82) is 0 Å². The molecule has 0 fully saturated rings. The molecule has 0 saturated carbocycles. The highest BCUT2D eigenvalue weighted by atomic mass is 15.2. The Hall–Kier alpha value is -1.81. The fourth-order valence-corrected chi connectivity index (χ4v) is 3.03. The van der Waals surface area contributed by atoms with Gasteiger partial charge in [0.05, 0.1) is 6.54 Å². The summed E-state index contributed by atoms with van der Waals surface area (Å²) in [7, 11) is 2.04. The highest BCUT2D eigenvalue weighted by Crippen LogP contribution is 2.30. The van der Waals surface area contributed by atoms with Gasteiger partial charge in [-0.05, 0) is 25.1 Å². The SMILES string of the molecule is CCC(NC)c1ccccc1N1CCn2ccnc2C1. The molecule has 0 spiro atoms. The maximum Gasteiger partial charge on any atom is 0.128 e. The molecule has 1 atom stereocenters. The third-order valence-electron chi connectivity index (χ3n) is 4.15. The first kappa shape index (κ1) is 13.2. The van der Waals surface area contributed by atoms with E-state index in [0.29, 0.717) is 6.04 Å². The average molecular weight is 270 g/mol. The van der Waals surface area contributed by atoms with Gasteiger partial charge in [-0.1, -0.05) is 25.1 Å². The van der Waals surface area contributed by atoms with Crippen molar-refractivity contribution in [1.82, 2.24) is 14.9 Å². The van der Waals surface area contributed by atoms with Gasteiger partial charge in [-0.15, -0.1) is 0 Å². The van der Waals surface area contributed by atoms with Crippen LogP contribution in [0.1, 0.15) is 30.8 Å². The minimum absolute atomic E-state index is 0.410. The van der Waals surface area contributed by atoms with Gasteiger partial charge in [0.2, 0.25) is 0 Å². The van der Waals surface area contributed by atoms with Crippen LogP contribution in [-0.2, 0) is 13.1 Å². The first-order valence-corrected chi connectivity index (χ1v) is 7.34. The van der Waals surface area contributed by atoms with Gasteiger partial charge in [0.1, 0.15) is 5.82 Å². The number of anilines is 1. The van der Waals surface area contributed by atoms with Crippen LogP contribution in [0.4, 0.5) is 5.69 Å². The summed E-state index contributed by atoms with van der Waals surface area (Å²) in [4.78, 5) is 6.90. The minimum atomic E-state index is 0.410. The van der Waals surface area contributed by atoms with Gasteiger partial charge in [-0.25, -0.2) is 4.98 Å². The van der Waals surface area contributed by atoms with Crippen LogP contribution in [0, 0.1) is 0 Å².